The number of methoxy groups -OCH3 is 2. The number of halogens is 1. The van der Waals surface area contributed by atoms with Gasteiger partial charge < -0.3 is 24.6 Å². The zero-order valence-corrected chi connectivity index (χ0v) is 19.6. The normalized spacial score (nSPS) is 13.6. The predicted octanol–water partition coefficient (Wildman–Crippen LogP) is 4.16. The number of ether oxygens (including phenoxy) is 2. The fourth-order valence-electron chi connectivity index (χ4n) is 3.71. The maximum atomic E-state index is 13.1. The van der Waals surface area contributed by atoms with E-state index >= 15 is 0 Å². The summed E-state index contributed by atoms with van der Waals surface area (Å²) in [5.74, 6) is 2.57. The molecule has 1 aliphatic heterocycles. The van der Waals surface area contributed by atoms with Gasteiger partial charge in [0, 0.05) is 48.6 Å². The summed E-state index contributed by atoms with van der Waals surface area (Å²) in [7, 11) is 3.19. The topological polar surface area (TPSA) is 79.8 Å². The molecule has 1 aliphatic rings. The number of piperazine rings is 1. The third kappa shape index (κ3) is 5.28. The molecule has 33 heavy (non-hydrogen) atoms. The average Bonchev–Trinajstić information content (AvgIpc) is 2.84. The van der Waals surface area contributed by atoms with Crippen molar-refractivity contribution >= 4 is 35.0 Å². The molecule has 1 amide bonds. The maximum absolute atomic E-state index is 13.1. The molecule has 8 nitrogen and oxygen atoms in total. The molecule has 2 heterocycles. The van der Waals surface area contributed by atoms with Crippen LogP contribution >= 0.6 is 11.6 Å². The zero-order valence-electron chi connectivity index (χ0n) is 18.8. The van der Waals surface area contributed by atoms with Crippen LogP contribution in [0.3, 0.4) is 0 Å². The second-order valence-corrected chi connectivity index (χ2v) is 8.11. The molecule has 0 spiro atoms. The molecule has 0 atom stereocenters. The number of rotatable bonds is 6. The van der Waals surface area contributed by atoms with Crippen LogP contribution in [0, 0.1) is 6.92 Å². The summed E-state index contributed by atoms with van der Waals surface area (Å²) >= 11 is 6.10. The summed E-state index contributed by atoms with van der Waals surface area (Å²) in [4.78, 5) is 26.2. The summed E-state index contributed by atoms with van der Waals surface area (Å²) in [5, 5.41) is 3.82. The maximum Gasteiger partial charge on any atom is 0.257 e. The van der Waals surface area contributed by atoms with E-state index in [1.165, 1.54) is 0 Å². The predicted molar refractivity (Wildman–Crippen MR) is 129 cm³/mol. The smallest absolute Gasteiger partial charge is 0.257 e. The van der Waals surface area contributed by atoms with E-state index in [0.717, 1.165) is 17.1 Å². The molecule has 0 unspecified atom stereocenters. The molecule has 0 saturated carbocycles. The standard InChI is InChI=1S/C24H26ClN5O3/c1-16-14-22(27-18-5-7-19(32-2)8-6-18)28-24(26-16)30-12-10-29(11-13-30)23(31)20-15-17(25)4-9-21(20)33-3/h4-9,14-15H,10-13H2,1-3H3,(H,26,27,28). The molecule has 3 aromatic rings. The fourth-order valence-corrected chi connectivity index (χ4v) is 3.88. The Morgan fingerprint density at radius 1 is 0.970 bits per heavy atom. The van der Waals surface area contributed by atoms with Crippen molar-refractivity contribution in [2.24, 2.45) is 0 Å². The van der Waals surface area contributed by atoms with Gasteiger partial charge in [0.2, 0.25) is 5.95 Å². The van der Waals surface area contributed by atoms with E-state index in [4.69, 9.17) is 26.1 Å². The number of hydrogen-bond acceptors (Lipinski definition) is 7. The highest BCUT2D eigenvalue weighted by atomic mass is 35.5. The first-order valence-electron chi connectivity index (χ1n) is 10.6. The number of aromatic nitrogens is 2. The molecule has 1 saturated heterocycles. The van der Waals surface area contributed by atoms with Crippen molar-refractivity contribution in [1.29, 1.82) is 0 Å². The summed E-state index contributed by atoms with van der Waals surface area (Å²) in [6, 6.07) is 14.6. The molecule has 172 valence electrons. The van der Waals surface area contributed by atoms with Crippen molar-refractivity contribution < 1.29 is 14.3 Å². The number of amides is 1. The van der Waals surface area contributed by atoms with Gasteiger partial charge in [-0.15, -0.1) is 0 Å². The van der Waals surface area contributed by atoms with Gasteiger partial charge in [-0.1, -0.05) is 11.6 Å². The van der Waals surface area contributed by atoms with Gasteiger partial charge in [0.25, 0.3) is 5.91 Å². The Hall–Kier alpha value is -3.52. The van der Waals surface area contributed by atoms with Gasteiger partial charge in [-0.3, -0.25) is 4.79 Å². The first-order valence-corrected chi connectivity index (χ1v) is 11.0. The molecule has 2 aromatic carbocycles. The molecule has 0 radical (unpaired) electrons. The van der Waals surface area contributed by atoms with E-state index < -0.39 is 0 Å². The molecular weight excluding hydrogens is 442 g/mol. The highest BCUT2D eigenvalue weighted by Crippen LogP contribution is 2.26. The van der Waals surface area contributed by atoms with Gasteiger partial charge in [0.15, 0.2) is 0 Å². The first kappa shape index (κ1) is 22.7. The lowest BCUT2D eigenvalue weighted by Crippen LogP contribution is -2.49. The Balaban J connectivity index is 1.44. The molecule has 1 aromatic heterocycles. The number of hydrogen-bond donors (Lipinski definition) is 1. The Morgan fingerprint density at radius 2 is 1.70 bits per heavy atom. The molecule has 1 N–H and O–H groups in total. The number of nitrogens with one attached hydrogen (secondary N) is 1. The minimum Gasteiger partial charge on any atom is -0.497 e. The van der Waals surface area contributed by atoms with Crippen LogP contribution in [0.5, 0.6) is 11.5 Å². The van der Waals surface area contributed by atoms with E-state index in [2.05, 4.69) is 15.2 Å². The SMILES string of the molecule is COc1ccc(Nc2cc(C)nc(N3CCN(C(=O)c4cc(Cl)ccc4OC)CC3)n2)cc1. The lowest BCUT2D eigenvalue weighted by atomic mass is 10.1. The lowest BCUT2D eigenvalue weighted by Gasteiger charge is -2.35. The minimum atomic E-state index is -0.0963. The minimum absolute atomic E-state index is 0.0963. The third-order valence-electron chi connectivity index (χ3n) is 5.45. The largest absolute Gasteiger partial charge is 0.497 e. The summed E-state index contributed by atoms with van der Waals surface area (Å²) in [6.07, 6.45) is 0. The highest BCUT2D eigenvalue weighted by Gasteiger charge is 2.26. The quantitative estimate of drug-likeness (QED) is 0.583. The number of carbonyl (C=O) groups excluding carboxylic acids is 1. The number of anilines is 3. The van der Waals surface area contributed by atoms with Crippen molar-refractivity contribution in [2.45, 2.75) is 6.92 Å². The number of benzene rings is 2. The van der Waals surface area contributed by atoms with Crippen molar-refractivity contribution in [2.75, 3.05) is 50.6 Å². The number of aryl methyl sites for hydroxylation is 1. The van der Waals surface area contributed by atoms with Crippen LogP contribution in [-0.4, -0.2) is 61.2 Å². The third-order valence-corrected chi connectivity index (χ3v) is 5.68. The second-order valence-electron chi connectivity index (χ2n) is 7.67. The summed E-state index contributed by atoms with van der Waals surface area (Å²) in [5.41, 5.74) is 2.24. The van der Waals surface area contributed by atoms with Crippen LogP contribution < -0.4 is 19.7 Å². The van der Waals surface area contributed by atoms with E-state index in [0.29, 0.717) is 54.3 Å². The van der Waals surface area contributed by atoms with Crippen molar-refractivity contribution in [3.63, 3.8) is 0 Å². The molecule has 9 heteroatoms. The van der Waals surface area contributed by atoms with E-state index in [1.54, 1.807) is 37.3 Å². The summed E-state index contributed by atoms with van der Waals surface area (Å²) in [6.45, 7) is 4.29. The molecule has 0 aliphatic carbocycles. The monoisotopic (exact) mass is 467 g/mol. The highest BCUT2D eigenvalue weighted by molar-refractivity contribution is 6.31. The van der Waals surface area contributed by atoms with E-state index in [1.807, 2.05) is 37.3 Å². The van der Waals surface area contributed by atoms with Gasteiger partial charge >= 0.3 is 0 Å². The average molecular weight is 468 g/mol. The van der Waals surface area contributed by atoms with Gasteiger partial charge in [-0.05, 0) is 49.4 Å². The summed E-state index contributed by atoms with van der Waals surface area (Å²) < 4.78 is 10.5. The Morgan fingerprint density at radius 3 is 2.36 bits per heavy atom. The van der Waals surface area contributed by atoms with Gasteiger partial charge in [0.1, 0.15) is 17.3 Å². The molecule has 1 fully saturated rings. The van der Waals surface area contributed by atoms with Gasteiger partial charge in [-0.25, -0.2) is 4.98 Å². The van der Waals surface area contributed by atoms with Crippen LogP contribution in [0.4, 0.5) is 17.5 Å². The van der Waals surface area contributed by atoms with Crippen molar-refractivity contribution in [3.8, 4) is 11.5 Å². The molecular formula is C24H26ClN5O3. The van der Waals surface area contributed by atoms with Crippen LogP contribution in [0.1, 0.15) is 16.1 Å². The molecule has 0 bridgehead atoms. The lowest BCUT2D eigenvalue weighted by molar-refractivity contribution is 0.0743. The zero-order chi connectivity index (χ0) is 23.4. The van der Waals surface area contributed by atoms with E-state index in [-0.39, 0.29) is 5.91 Å². The van der Waals surface area contributed by atoms with Crippen LogP contribution in [0.25, 0.3) is 0 Å². The van der Waals surface area contributed by atoms with Crippen molar-refractivity contribution in [3.05, 3.63) is 64.8 Å². The molecule has 4 rings (SSSR count). The van der Waals surface area contributed by atoms with Crippen LogP contribution in [-0.2, 0) is 0 Å². The Labute approximate surface area is 198 Å². The number of carbonyl (C=O) groups is 1. The Bertz CT molecular complexity index is 1130. The second kappa shape index (κ2) is 9.95. The Kier molecular flexibility index (Phi) is 6.84. The fraction of sp³-hybridized carbons (Fsp3) is 0.292. The van der Waals surface area contributed by atoms with Crippen LogP contribution in [0.15, 0.2) is 48.5 Å². The van der Waals surface area contributed by atoms with Gasteiger partial charge in [-0.2, -0.15) is 4.98 Å². The van der Waals surface area contributed by atoms with Gasteiger partial charge in [0.05, 0.1) is 19.8 Å². The van der Waals surface area contributed by atoms with Crippen LogP contribution in [0.2, 0.25) is 5.02 Å². The number of nitrogens with zero attached hydrogens (tertiary/aromatic N) is 4. The van der Waals surface area contributed by atoms with Crippen molar-refractivity contribution in [1.82, 2.24) is 14.9 Å². The first-order chi connectivity index (χ1) is 16.0. The van der Waals surface area contributed by atoms with E-state index in [9.17, 15) is 4.79 Å².